The molecule has 7 heteroatoms. The molecule has 0 fully saturated rings. The molecule has 0 spiro atoms. The van der Waals surface area contributed by atoms with Crippen molar-refractivity contribution in [1.29, 1.82) is 0 Å². The maximum absolute atomic E-state index is 13.5. The maximum atomic E-state index is 13.5. The summed E-state index contributed by atoms with van der Waals surface area (Å²) in [4.78, 5) is 0.213. The molecule has 0 amide bonds. The van der Waals surface area contributed by atoms with E-state index in [2.05, 4.69) is 5.92 Å². The Hall–Kier alpha value is -3.57. The van der Waals surface area contributed by atoms with Gasteiger partial charge in [-0.15, -0.1) is 6.42 Å². The van der Waals surface area contributed by atoms with E-state index in [1.54, 1.807) is 37.5 Å². The summed E-state index contributed by atoms with van der Waals surface area (Å²) in [5, 5.41) is 0. The van der Waals surface area contributed by atoms with Gasteiger partial charge in [0.25, 0.3) is 10.0 Å². The van der Waals surface area contributed by atoms with Gasteiger partial charge in [0.2, 0.25) is 0 Å². The largest absolute Gasteiger partial charge is 0.497 e. The second kappa shape index (κ2) is 13.5. The minimum atomic E-state index is -3.80. The SMILES string of the molecule is C#CCO[C@H](/C=C/N(Cc1ccccc1)S(=O)(=O)c1ccc(C)cc1)COCc1ccc(OC)cc1. The summed E-state index contributed by atoms with van der Waals surface area (Å²) in [6, 6.07) is 23.8. The number of aryl methyl sites for hydroxylation is 1. The van der Waals surface area contributed by atoms with E-state index < -0.39 is 16.1 Å². The molecule has 3 rings (SSSR count). The van der Waals surface area contributed by atoms with Crippen LogP contribution in [0.4, 0.5) is 0 Å². The van der Waals surface area contributed by atoms with Gasteiger partial charge in [-0.1, -0.05) is 66.1 Å². The first kappa shape index (κ1) is 27.0. The number of hydrogen-bond acceptors (Lipinski definition) is 5. The lowest BCUT2D eigenvalue weighted by Gasteiger charge is -2.22. The third-order valence-corrected chi connectivity index (χ3v) is 7.10. The van der Waals surface area contributed by atoms with Crippen LogP contribution in [-0.4, -0.2) is 39.2 Å². The summed E-state index contributed by atoms with van der Waals surface area (Å²) in [5.41, 5.74) is 2.81. The van der Waals surface area contributed by atoms with Crippen molar-refractivity contribution in [2.75, 3.05) is 20.3 Å². The zero-order valence-electron chi connectivity index (χ0n) is 20.5. The molecule has 0 saturated carbocycles. The zero-order valence-corrected chi connectivity index (χ0v) is 21.4. The average Bonchev–Trinajstić information content (AvgIpc) is 2.90. The minimum absolute atomic E-state index is 0.0737. The van der Waals surface area contributed by atoms with Gasteiger partial charge in [-0.3, -0.25) is 4.31 Å². The molecular formula is C29H31NO5S. The highest BCUT2D eigenvalue weighted by Crippen LogP contribution is 2.20. The highest BCUT2D eigenvalue weighted by molar-refractivity contribution is 7.89. The van der Waals surface area contributed by atoms with Crippen LogP contribution in [0.3, 0.4) is 0 Å². The molecule has 0 heterocycles. The predicted octanol–water partition coefficient (Wildman–Crippen LogP) is 4.94. The van der Waals surface area contributed by atoms with Crippen LogP contribution in [0.25, 0.3) is 0 Å². The van der Waals surface area contributed by atoms with Crippen molar-refractivity contribution in [2.24, 2.45) is 0 Å². The lowest BCUT2D eigenvalue weighted by molar-refractivity contribution is 0.0142. The number of sulfonamides is 1. The zero-order chi connectivity index (χ0) is 25.8. The molecule has 0 aliphatic rings. The summed E-state index contributed by atoms with van der Waals surface area (Å²) in [5.74, 6) is 3.22. The Morgan fingerprint density at radius 2 is 1.67 bits per heavy atom. The summed E-state index contributed by atoms with van der Waals surface area (Å²) in [6.07, 6.45) is 8.04. The first-order valence-electron chi connectivity index (χ1n) is 11.5. The Balaban J connectivity index is 1.77. The Labute approximate surface area is 214 Å². The number of terminal acetylenes is 1. The average molecular weight is 506 g/mol. The van der Waals surface area contributed by atoms with Crippen molar-refractivity contribution in [1.82, 2.24) is 4.31 Å². The van der Waals surface area contributed by atoms with Gasteiger partial charge in [-0.2, -0.15) is 0 Å². The molecular weight excluding hydrogens is 474 g/mol. The molecule has 0 saturated heterocycles. The fraction of sp³-hybridized carbons (Fsp3) is 0.241. The number of rotatable bonds is 13. The molecule has 3 aromatic rings. The van der Waals surface area contributed by atoms with Crippen molar-refractivity contribution in [2.45, 2.75) is 31.1 Å². The van der Waals surface area contributed by atoms with Crippen LogP contribution < -0.4 is 4.74 Å². The summed E-state index contributed by atoms with van der Waals surface area (Å²) in [7, 11) is -2.19. The highest BCUT2D eigenvalue weighted by atomic mass is 32.2. The smallest absolute Gasteiger partial charge is 0.264 e. The van der Waals surface area contributed by atoms with E-state index in [1.807, 2.05) is 61.5 Å². The molecule has 0 unspecified atom stereocenters. The Morgan fingerprint density at radius 1 is 0.972 bits per heavy atom. The molecule has 0 N–H and O–H groups in total. The topological polar surface area (TPSA) is 65.1 Å². The van der Waals surface area contributed by atoms with Crippen molar-refractivity contribution in [3.63, 3.8) is 0 Å². The first-order chi connectivity index (χ1) is 17.4. The highest BCUT2D eigenvalue weighted by Gasteiger charge is 2.22. The fourth-order valence-corrected chi connectivity index (χ4v) is 4.65. The van der Waals surface area contributed by atoms with Crippen molar-refractivity contribution < 1.29 is 22.6 Å². The van der Waals surface area contributed by atoms with E-state index in [-0.39, 0.29) is 24.7 Å². The van der Waals surface area contributed by atoms with Gasteiger partial charge in [0.15, 0.2) is 0 Å². The number of nitrogens with zero attached hydrogens (tertiary/aromatic N) is 1. The molecule has 3 aromatic carbocycles. The monoisotopic (exact) mass is 505 g/mol. The third kappa shape index (κ3) is 7.99. The van der Waals surface area contributed by atoms with E-state index in [0.29, 0.717) is 6.61 Å². The molecule has 1 atom stereocenters. The quantitative estimate of drug-likeness (QED) is 0.308. The molecule has 36 heavy (non-hydrogen) atoms. The van der Waals surface area contributed by atoms with Crippen LogP contribution in [0.1, 0.15) is 16.7 Å². The van der Waals surface area contributed by atoms with Gasteiger partial charge in [0.05, 0.1) is 31.8 Å². The number of methoxy groups -OCH3 is 1. The summed E-state index contributed by atoms with van der Waals surface area (Å²) >= 11 is 0. The van der Waals surface area contributed by atoms with Crippen molar-refractivity contribution in [3.8, 4) is 18.1 Å². The predicted molar refractivity (Wildman–Crippen MR) is 141 cm³/mol. The van der Waals surface area contributed by atoms with Gasteiger partial charge >= 0.3 is 0 Å². The lowest BCUT2D eigenvalue weighted by Crippen LogP contribution is -2.27. The normalized spacial score (nSPS) is 12.2. The van der Waals surface area contributed by atoms with E-state index in [0.717, 1.165) is 22.4 Å². The molecule has 6 nitrogen and oxygen atoms in total. The molecule has 0 aromatic heterocycles. The second-order valence-electron chi connectivity index (χ2n) is 8.11. The number of ether oxygens (including phenoxy) is 3. The van der Waals surface area contributed by atoms with E-state index in [9.17, 15) is 8.42 Å². The van der Waals surface area contributed by atoms with Crippen LogP contribution >= 0.6 is 0 Å². The molecule has 0 bridgehead atoms. The van der Waals surface area contributed by atoms with Crippen LogP contribution in [0, 0.1) is 19.3 Å². The molecule has 188 valence electrons. The maximum Gasteiger partial charge on any atom is 0.264 e. The Bertz CT molecular complexity index is 1250. The van der Waals surface area contributed by atoms with Crippen LogP contribution in [-0.2, 0) is 32.6 Å². The van der Waals surface area contributed by atoms with E-state index in [4.69, 9.17) is 20.6 Å². The molecule has 0 aliphatic heterocycles. The van der Waals surface area contributed by atoms with Gasteiger partial charge in [-0.05, 0) is 48.4 Å². The standard InChI is InChI=1S/C29H31NO5S/c1-4-20-35-28(23-34-22-26-12-14-27(33-3)15-13-26)18-19-30(21-25-8-6-5-7-9-25)36(31,32)29-16-10-24(2)11-17-29/h1,5-19,28H,20-23H2,2-3H3/b19-18+/t28-/m1/s1. The second-order valence-corrected chi connectivity index (χ2v) is 10.00. The summed E-state index contributed by atoms with van der Waals surface area (Å²) < 4.78 is 45.0. The third-order valence-electron chi connectivity index (χ3n) is 5.37. The minimum Gasteiger partial charge on any atom is -0.497 e. The van der Waals surface area contributed by atoms with Crippen molar-refractivity contribution >= 4 is 10.0 Å². The van der Waals surface area contributed by atoms with E-state index >= 15 is 0 Å². The molecule has 0 aliphatic carbocycles. The van der Waals surface area contributed by atoms with Gasteiger partial charge in [-0.25, -0.2) is 8.42 Å². The fourth-order valence-electron chi connectivity index (χ4n) is 3.35. The van der Waals surface area contributed by atoms with Crippen molar-refractivity contribution in [3.05, 3.63) is 108 Å². The van der Waals surface area contributed by atoms with Gasteiger partial charge in [0.1, 0.15) is 18.5 Å². The van der Waals surface area contributed by atoms with Gasteiger partial charge in [0, 0.05) is 6.20 Å². The van der Waals surface area contributed by atoms with Crippen LogP contribution in [0.2, 0.25) is 0 Å². The van der Waals surface area contributed by atoms with Crippen LogP contribution in [0.5, 0.6) is 5.75 Å². The Morgan fingerprint density at radius 3 is 2.31 bits per heavy atom. The number of hydrogen-bond donors (Lipinski definition) is 0. The lowest BCUT2D eigenvalue weighted by atomic mass is 10.2. The first-order valence-corrected chi connectivity index (χ1v) is 12.9. The van der Waals surface area contributed by atoms with Gasteiger partial charge < -0.3 is 14.2 Å². The summed E-state index contributed by atoms with van der Waals surface area (Å²) in [6.45, 7) is 2.72. The molecule has 0 radical (unpaired) electrons. The number of benzene rings is 3. The van der Waals surface area contributed by atoms with Crippen LogP contribution in [0.15, 0.2) is 96.0 Å². The van der Waals surface area contributed by atoms with E-state index in [1.165, 1.54) is 10.5 Å². The Kier molecular flexibility index (Phi) is 10.1.